The van der Waals surface area contributed by atoms with Gasteiger partial charge in [0.2, 0.25) is 22.8 Å². The molecule has 0 unspecified atom stereocenters. The number of aryl methyl sites for hydroxylation is 20. The molecule has 4 aromatic carbocycles. The molecule has 0 N–H and O–H groups in total. The predicted octanol–water partition coefficient (Wildman–Crippen LogP) is 14.3. The minimum atomic E-state index is -2.16. The number of hydrogen-bond donors (Lipinski definition) is 0. The van der Waals surface area contributed by atoms with Crippen LogP contribution in [0.25, 0.3) is 45.0 Å². The summed E-state index contributed by atoms with van der Waals surface area (Å²) in [4.78, 5) is 0. The molecule has 8 aromatic rings. The highest BCUT2D eigenvalue weighted by atomic mass is 14.9. The topological polar surface area (TPSA) is 15.5 Å². The molecule has 364 valence electrons. The Hall–Kier alpha value is -6.52. The van der Waals surface area contributed by atoms with Crippen LogP contribution in [0.3, 0.4) is 0 Å². The first-order valence-corrected chi connectivity index (χ1v) is 24.2. The number of benzene rings is 4. The van der Waals surface area contributed by atoms with Gasteiger partial charge in [0.25, 0.3) is 0 Å². The number of aromatic nitrogens is 4. The van der Waals surface area contributed by atoms with Crippen LogP contribution in [-0.2, 0) is 28.2 Å². The van der Waals surface area contributed by atoms with Gasteiger partial charge < -0.3 is 0 Å². The number of nitrogens with zero attached hydrogens (tertiary/aromatic N) is 4. The van der Waals surface area contributed by atoms with Gasteiger partial charge in [-0.2, -0.15) is 0 Å². The van der Waals surface area contributed by atoms with Crippen molar-refractivity contribution < 1.29 is 30.6 Å². The van der Waals surface area contributed by atoms with Gasteiger partial charge in [-0.05, 0) is 227 Å². The minimum absolute atomic E-state index is 0.322. The molecule has 0 radical (unpaired) electrons. The van der Waals surface area contributed by atoms with Crippen LogP contribution in [0.5, 0.6) is 0 Å². The molecule has 70 heavy (non-hydrogen) atoms. The molecule has 0 spiro atoms. The van der Waals surface area contributed by atoms with Crippen molar-refractivity contribution in [1.82, 2.24) is 0 Å². The fourth-order valence-corrected chi connectivity index (χ4v) is 8.72. The summed E-state index contributed by atoms with van der Waals surface area (Å²) < 4.78 is 76.6. The maximum Gasteiger partial charge on any atom is 0.212 e. The van der Waals surface area contributed by atoms with Crippen LogP contribution in [0, 0.1) is 124 Å². The molecule has 0 saturated carbocycles. The molecule has 0 bridgehead atoms. The zero-order chi connectivity index (χ0) is 59.5. The number of hydrogen-bond acceptors (Lipinski definition) is 0. The lowest BCUT2D eigenvalue weighted by Gasteiger charge is -2.10. The molecule has 4 aromatic heterocycles. The second kappa shape index (κ2) is 22.9. The molecule has 4 nitrogen and oxygen atoms in total. The zero-order valence-electron chi connectivity index (χ0n) is 54.7. The van der Waals surface area contributed by atoms with E-state index in [0.717, 1.165) is 33.6 Å². The van der Waals surface area contributed by atoms with E-state index in [-0.39, 0.29) is 0 Å². The van der Waals surface area contributed by atoms with Gasteiger partial charge in [-0.1, -0.05) is 36.4 Å². The van der Waals surface area contributed by atoms with Gasteiger partial charge in [-0.15, -0.1) is 0 Å². The lowest BCUT2D eigenvalue weighted by molar-refractivity contribution is -0.660. The third-order valence-corrected chi connectivity index (χ3v) is 14.2. The normalized spacial score (nSPS) is 13.2. The molecule has 4 heteroatoms. The van der Waals surface area contributed by atoms with Gasteiger partial charge in [-0.3, -0.25) is 0 Å². The maximum absolute atomic E-state index is 7.62. The van der Waals surface area contributed by atoms with Crippen molar-refractivity contribution in [2.45, 2.75) is 124 Å². The highest BCUT2D eigenvalue weighted by molar-refractivity contribution is 5.66. The summed E-state index contributed by atoms with van der Waals surface area (Å²) in [5.74, 6) is 0. The summed E-state index contributed by atoms with van der Waals surface area (Å²) in [6.45, 7) is 24.7. The van der Waals surface area contributed by atoms with E-state index in [0.29, 0.717) is 27.8 Å². The molecular weight excluding hydrogens is 849 g/mol. The van der Waals surface area contributed by atoms with Crippen LogP contribution in [0.1, 0.15) is 112 Å². The van der Waals surface area contributed by atoms with E-state index in [2.05, 4.69) is 166 Å². The lowest BCUT2D eigenvalue weighted by Crippen LogP contribution is -2.31. The highest BCUT2D eigenvalue weighted by Crippen LogP contribution is 2.28. The minimum Gasteiger partial charge on any atom is -0.201 e. The van der Waals surface area contributed by atoms with Crippen LogP contribution in [0.15, 0.2) is 110 Å². The summed E-state index contributed by atoms with van der Waals surface area (Å²) in [6.07, 6.45) is 7.76. The van der Waals surface area contributed by atoms with E-state index in [1.54, 1.807) is 43.9 Å². The second-order valence-corrected chi connectivity index (χ2v) is 19.7. The Labute approximate surface area is 436 Å². The molecule has 4 heterocycles. The molecule has 0 aliphatic carbocycles. The zero-order valence-corrected chi connectivity index (χ0v) is 45.7. The van der Waals surface area contributed by atoms with Gasteiger partial charge in [0.05, 0.1) is 0 Å². The number of rotatable bonds is 4. The van der Waals surface area contributed by atoms with Crippen LogP contribution in [-0.4, -0.2) is 0 Å². The number of pyridine rings is 4. The van der Waals surface area contributed by atoms with Gasteiger partial charge in [0.15, 0.2) is 24.8 Å². The summed E-state index contributed by atoms with van der Waals surface area (Å²) >= 11 is 0. The van der Waals surface area contributed by atoms with Crippen molar-refractivity contribution in [3.8, 4) is 45.0 Å². The largest absolute Gasteiger partial charge is 0.212 e. The molecule has 0 atom stereocenters. The first-order chi connectivity index (χ1) is 36.4. The van der Waals surface area contributed by atoms with Crippen LogP contribution >= 0.6 is 0 Å². The average Bonchev–Trinajstić information content (AvgIpc) is 3.42. The standard InChI is InChI=1S/2C17H22N.2C16H20N/c2*1-11-7-14(4)16(8-12(11)2)17-9-13(3)15(5)10-18(17)6;2*1-11-7-6-8-15(14(11)4)16-9-12(2)13(3)10-17(16)5/h2*7-10H,1-6H3;2*6-10H,1-5H3/q4*+1/i1D3,5D3;;3D3;. The summed E-state index contributed by atoms with van der Waals surface area (Å²) in [7, 11) is 7.93. The maximum atomic E-state index is 7.62. The molecule has 8 rings (SSSR count). The lowest BCUT2D eigenvalue weighted by atomic mass is 9.97. The van der Waals surface area contributed by atoms with Crippen molar-refractivity contribution in [1.29, 1.82) is 0 Å². The van der Waals surface area contributed by atoms with Crippen molar-refractivity contribution in [3.63, 3.8) is 0 Å². The third kappa shape index (κ3) is 12.6. The monoisotopic (exact) mass is 942 g/mol. The smallest absolute Gasteiger partial charge is 0.201 e. The van der Waals surface area contributed by atoms with Crippen molar-refractivity contribution >= 4 is 0 Å². The highest BCUT2D eigenvalue weighted by Gasteiger charge is 2.19. The Balaban J connectivity index is 0.000000195. The molecule has 0 saturated heterocycles. The SMILES string of the molecule is Cc1cc(-c2cccc(C)c2C)[n+](C)cc1C.Cc1cc(C)c(-c2cc(C)c(C)c[n+]2C)cc1C.[2H]C([2H])([2H])c1c[n+](C)c(-c2cccc(C)c2C)cc1C.[2H]C([2H])([2H])c1cc(C)c(-c2cc(C)c(C([2H])([2H])[2H])c[n+]2C)cc1C. The Morgan fingerprint density at radius 2 is 0.529 bits per heavy atom. The fourth-order valence-electron chi connectivity index (χ4n) is 8.72. The molecule has 0 aliphatic heterocycles. The summed E-state index contributed by atoms with van der Waals surface area (Å²) in [5.41, 5.74) is 27.9. The van der Waals surface area contributed by atoms with Gasteiger partial charge >= 0.3 is 0 Å². The Bertz CT molecular complexity index is 3440. The van der Waals surface area contributed by atoms with Crippen molar-refractivity contribution in [2.75, 3.05) is 0 Å². The first kappa shape index (κ1) is 42.4. The Morgan fingerprint density at radius 3 is 0.886 bits per heavy atom. The predicted molar refractivity (Wildman–Crippen MR) is 297 cm³/mol. The quantitative estimate of drug-likeness (QED) is 0.156. The Kier molecular flexibility index (Phi) is 13.9. The van der Waals surface area contributed by atoms with Crippen molar-refractivity contribution in [2.24, 2.45) is 28.2 Å². The second-order valence-electron chi connectivity index (χ2n) is 19.7. The third-order valence-electron chi connectivity index (χ3n) is 14.2. The van der Waals surface area contributed by atoms with Gasteiger partial charge in [0.1, 0.15) is 28.2 Å². The fraction of sp³-hybridized carbons (Fsp3) is 0.333. The van der Waals surface area contributed by atoms with E-state index in [1.807, 2.05) is 49.7 Å². The summed E-state index contributed by atoms with van der Waals surface area (Å²) in [5, 5.41) is 0. The van der Waals surface area contributed by atoms with E-state index < -0.39 is 20.6 Å². The van der Waals surface area contributed by atoms with E-state index in [4.69, 9.17) is 12.3 Å². The van der Waals surface area contributed by atoms with Crippen molar-refractivity contribution in [3.05, 3.63) is 210 Å². The summed E-state index contributed by atoms with van der Waals surface area (Å²) in [6, 6.07) is 29.2. The average molecular weight is 942 g/mol. The van der Waals surface area contributed by atoms with E-state index in [1.165, 1.54) is 83.7 Å². The molecule has 0 amide bonds. The van der Waals surface area contributed by atoms with Crippen LogP contribution in [0.2, 0.25) is 0 Å². The van der Waals surface area contributed by atoms with Crippen LogP contribution < -0.4 is 18.3 Å². The van der Waals surface area contributed by atoms with Gasteiger partial charge in [0, 0.05) is 81.1 Å². The molecule has 0 aliphatic rings. The van der Waals surface area contributed by atoms with E-state index in [9.17, 15) is 0 Å². The molecular formula is C66H84N4+4. The molecule has 0 fully saturated rings. The van der Waals surface area contributed by atoms with Gasteiger partial charge in [-0.25, -0.2) is 18.3 Å². The Morgan fingerprint density at radius 1 is 0.257 bits per heavy atom. The van der Waals surface area contributed by atoms with E-state index >= 15 is 0 Å². The van der Waals surface area contributed by atoms with Crippen LogP contribution in [0.4, 0.5) is 0 Å². The first-order valence-electron chi connectivity index (χ1n) is 28.7.